The molecule has 1 heterocycles. The van der Waals surface area contributed by atoms with Crippen LogP contribution in [0.5, 0.6) is 0 Å². The molecule has 0 spiro atoms. The molecular formula is C14H20LiN2NaO7. The van der Waals surface area contributed by atoms with Gasteiger partial charge in [0.2, 0.25) is 5.91 Å². The number of carbonyl (C=O) groups excluding carboxylic acids is 3. The van der Waals surface area contributed by atoms with Crippen molar-refractivity contribution in [3.8, 4) is 0 Å². The SMILES string of the molecule is CCCC(C)C1(CC)C(=O)N=C([O-])NC1=O.O=C([O-])CC(=O)O.[Li+].[Na+]. The number of nitrogens with zero attached hydrogens (tertiary/aromatic N) is 1. The van der Waals surface area contributed by atoms with Crippen LogP contribution in [-0.2, 0) is 19.2 Å². The first-order valence-electron chi connectivity index (χ1n) is 7.14. The number of aliphatic carboxylic acids is 2. The normalized spacial score (nSPS) is 19.7. The maximum Gasteiger partial charge on any atom is 1.00 e. The number of hydrogen-bond acceptors (Lipinski definition) is 6. The summed E-state index contributed by atoms with van der Waals surface area (Å²) < 4.78 is 0. The van der Waals surface area contributed by atoms with Gasteiger partial charge in [0, 0.05) is 0 Å². The second kappa shape index (κ2) is 13.4. The number of hydrogen-bond donors (Lipinski definition) is 2. The molecule has 9 nitrogen and oxygen atoms in total. The Bertz CT molecular complexity index is 515. The summed E-state index contributed by atoms with van der Waals surface area (Å²) in [6.07, 6.45) is 1.10. The summed E-state index contributed by atoms with van der Waals surface area (Å²) >= 11 is 0. The quantitative estimate of drug-likeness (QED) is 0.352. The zero-order valence-corrected chi connectivity index (χ0v) is 17.2. The predicted octanol–water partition coefficient (Wildman–Crippen LogP) is -7.59. The van der Waals surface area contributed by atoms with Gasteiger partial charge in [0.15, 0.2) is 0 Å². The minimum atomic E-state index is -1.56. The molecular weight excluding hydrogens is 338 g/mol. The molecule has 0 radical (unpaired) electrons. The van der Waals surface area contributed by atoms with E-state index in [0.29, 0.717) is 6.42 Å². The van der Waals surface area contributed by atoms with E-state index in [4.69, 9.17) is 5.11 Å². The fourth-order valence-corrected chi connectivity index (χ4v) is 2.42. The third-order valence-corrected chi connectivity index (χ3v) is 3.63. The van der Waals surface area contributed by atoms with Crippen molar-refractivity contribution in [1.82, 2.24) is 5.32 Å². The number of carboxylic acids is 2. The molecule has 1 aliphatic rings. The molecule has 0 saturated heterocycles. The molecule has 2 atom stereocenters. The third-order valence-electron chi connectivity index (χ3n) is 3.63. The second-order valence-electron chi connectivity index (χ2n) is 5.13. The van der Waals surface area contributed by atoms with Gasteiger partial charge in [0.1, 0.15) is 5.41 Å². The summed E-state index contributed by atoms with van der Waals surface area (Å²) in [4.78, 5) is 45.8. The van der Waals surface area contributed by atoms with E-state index in [1.54, 1.807) is 6.92 Å². The predicted molar refractivity (Wildman–Crippen MR) is 74.6 cm³/mol. The van der Waals surface area contributed by atoms with E-state index in [-0.39, 0.29) is 54.3 Å². The van der Waals surface area contributed by atoms with E-state index in [2.05, 4.69) is 10.3 Å². The van der Waals surface area contributed by atoms with E-state index < -0.39 is 41.6 Å². The molecule has 0 fully saturated rings. The van der Waals surface area contributed by atoms with E-state index >= 15 is 0 Å². The Morgan fingerprint density at radius 2 is 1.84 bits per heavy atom. The Labute approximate surface area is 180 Å². The van der Waals surface area contributed by atoms with Crippen LogP contribution in [0.3, 0.4) is 0 Å². The fraction of sp³-hybridized carbons (Fsp3) is 0.643. The number of rotatable bonds is 6. The fourth-order valence-electron chi connectivity index (χ4n) is 2.42. The van der Waals surface area contributed by atoms with Gasteiger partial charge in [-0.2, -0.15) is 0 Å². The molecule has 0 saturated carbocycles. The average molecular weight is 358 g/mol. The molecule has 2 unspecified atom stereocenters. The monoisotopic (exact) mass is 358 g/mol. The van der Waals surface area contributed by atoms with Gasteiger partial charge >= 0.3 is 54.4 Å². The molecule has 0 aromatic rings. The first kappa shape index (κ1) is 28.9. The van der Waals surface area contributed by atoms with Crippen molar-refractivity contribution in [2.75, 3.05) is 0 Å². The van der Waals surface area contributed by atoms with Gasteiger partial charge in [-0.3, -0.25) is 14.4 Å². The van der Waals surface area contributed by atoms with Crippen molar-refractivity contribution < 1.29 is 82.9 Å². The Hall–Kier alpha value is -0.853. The van der Waals surface area contributed by atoms with Crippen LogP contribution in [0.25, 0.3) is 0 Å². The molecule has 1 rings (SSSR count). The van der Waals surface area contributed by atoms with Crippen LogP contribution in [0.15, 0.2) is 4.99 Å². The minimum absolute atomic E-state index is 0. The first-order valence-corrected chi connectivity index (χ1v) is 7.14. The van der Waals surface area contributed by atoms with Crippen molar-refractivity contribution in [2.24, 2.45) is 16.3 Å². The first-order chi connectivity index (χ1) is 10.6. The van der Waals surface area contributed by atoms with Crippen LogP contribution in [0.1, 0.15) is 46.5 Å². The number of amidine groups is 1. The number of nitrogens with one attached hydrogen (secondary N) is 1. The zero-order chi connectivity index (χ0) is 18.2. The van der Waals surface area contributed by atoms with Crippen molar-refractivity contribution in [3.05, 3.63) is 0 Å². The molecule has 11 heteroatoms. The van der Waals surface area contributed by atoms with Gasteiger partial charge in [-0.15, -0.1) is 0 Å². The van der Waals surface area contributed by atoms with Crippen molar-refractivity contribution in [1.29, 1.82) is 0 Å². The standard InChI is InChI=1S/C11H18N2O3.C3H4O4.Li.Na/c1-4-6-7(3)11(5-2)8(14)12-10(16)13-9(11)15;4-2(5)1-3(6)7;;/h7H,4-6H2,1-3H3,(H2,12,13,14,15,16);1H2,(H,4,5)(H,6,7);;/q;;2*+1/p-2. The Balaban J connectivity index is -0.000000464. The molecule has 0 bridgehead atoms. The summed E-state index contributed by atoms with van der Waals surface area (Å²) in [7, 11) is 0. The maximum atomic E-state index is 11.9. The van der Waals surface area contributed by atoms with Gasteiger partial charge in [0.25, 0.3) is 5.91 Å². The van der Waals surface area contributed by atoms with Crippen molar-refractivity contribution in [2.45, 2.75) is 46.5 Å². The van der Waals surface area contributed by atoms with Gasteiger partial charge in [0.05, 0.1) is 18.4 Å². The van der Waals surface area contributed by atoms with Crippen LogP contribution in [0.2, 0.25) is 0 Å². The Morgan fingerprint density at radius 3 is 2.12 bits per heavy atom. The van der Waals surface area contributed by atoms with Crippen molar-refractivity contribution >= 4 is 29.8 Å². The molecule has 0 aromatic carbocycles. The second-order valence-corrected chi connectivity index (χ2v) is 5.13. The molecule has 130 valence electrons. The van der Waals surface area contributed by atoms with Gasteiger partial charge in [-0.1, -0.05) is 27.2 Å². The van der Waals surface area contributed by atoms with E-state index in [9.17, 15) is 29.4 Å². The van der Waals surface area contributed by atoms with Crippen LogP contribution in [-0.4, -0.2) is 34.9 Å². The number of amides is 2. The zero-order valence-electron chi connectivity index (χ0n) is 15.2. The van der Waals surface area contributed by atoms with Crippen LogP contribution in [0.4, 0.5) is 0 Å². The van der Waals surface area contributed by atoms with Gasteiger partial charge < -0.3 is 25.4 Å². The van der Waals surface area contributed by atoms with Crippen LogP contribution >= 0.6 is 0 Å². The van der Waals surface area contributed by atoms with Crippen LogP contribution in [0, 0.1) is 11.3 Å². The number of carboxylic acid groups (broad SMARTS) is 2. The van der Waals surface area contributed by atoms with E-state index in [1.165, 1.54) is 0 Å². The number of carbonyl (C=O) groups is 4. The topological polar surface area (TPSA) is 159 Å². The summed E-state index contributed by atoms with van der Waals surface area (Å²) in [5.74, 6) is -4.13. The summed E-state index contributed by atoms with van der Waals surface area (Å²) in [6.45, 7) is 5.62. The van der Waals surface area contributed by atoms with E-state index in [0.717, 1.165) is 12.8 Å². The van der Waals surface area contributed by atoms with Crippen molar-refractivity contribution in [3.63, 3.8) is 0 Å². The minimum Gasteiger partial charge on any atom is -0.846 e. The molecule has 2 N–H and O–H groups in total. The Morgan fingerprint density at radius 1 is 1.32 bits per heavy atom. The van der Waals surface area contributed by atoms with Gasteiger partial charge in [-0.05, 0) is 18.8 Å². The smallest absolute Gasteiger partial charge is 0.846 e. The third kappa shape index (κ3) is 8.38. The molecule has 0 aromatic heterocycles. The summed E-state index contributed by atoms with van der Waals surface area (Å²) in [5.41, 5.74) is -1.15. The average Bonchev–Trinajstić information content (AvgIpc) is 2.38. The summed E-state index contributed by atoms with van der Waals surface area (Å²) in [6, 6.07) is -0.845. The van der Waals surface area contributed by atoms with E-state index in [1.807, 2.05) is 13.8 Å². The molecule has 1 aliphatic heterocycles. The van der Waals surface area contributed by atoms with Gasteiger partial charge in [-0.25, -0.2) is 4.99 Å². The maximum absolute atomic E-state index is 11.9. The van der Waals surface area contributed by atoms with Crippen LogP contribution < -0.4 is 63.9 Å². The largest absolute Gasteiger partial charge is 1.00 e. The summed E-state index contributed by atoms with van der Waals surface area (Å²) in [5, 5.41) is 30.1. The Kier molecular flexibility index (Phi) is 15.5. The molecule has 2 amide bonds. The molecule has 25 heavy (non-hydrogen) atoms. The molecule has 0 aliphatic carbocycles. The number of aliphatic imine (C=N–C) groups is 1.